The van der Waals surface area contributed by atoms with Crippen molar-refractivity contribution in [1.29, 1.82) is 0 Å². The highest BCUT2D eigenvalue weighted by Crippen LogP contribution is 2.44. The van der Waals surface area contributed by atoms with Gasteiger partial charge in [0.15, 0.2) is 5.17 Å². The zero-order valence-corrected chi connectivity index (χ0v) is 22.0. The average Bonchev–Trinajstić information content (AvgIpc) is 3.29. The topological polar surface area (TPSA) is 83.9 Å². The normalized spacial score (nSPS) is 20.2. The number of esters is 1. The number of allylic oxidation sites excluding steroid dienone is 1. The molecule has 0 aromatic heterocycles. The lowest BCUT2D eigenvalue weighted by Crippen LogP contribution is -2.49. The summed E-state index contributed by atoms with van der Waals surface area (Å²) in [6.45, 7) is 6.96. The fraction of sp³-hybridized carbons (Fsp3) is 0.500. The van der Waals surface area contributed by atoms with Crippen LogP contribution in [0, 0.1) is 0 Å². The monoisotopic (exact) mass is 514 g/mol. The van der Waals surface area contributed by atoms with Crippen LogP contribution in [-0.4, -0.2) is 98.5 Å². The van der Waals surface area contributed by atoms with E-state index < -0.39 is 12.0 Å². The van der Waals surface area contributed by atoms with Gasteiger partial charge >= 0.3 is 5.97 Å². The van der Waals surface area contributed by atoms with E-state index in [1.54, 1.807) is 14.2 Å². The van der Waals surface area contributed by atoms with Gasteiger partial charge in [0.25, 0.3) is 0 Å². The Kier molecular flexibility index (Phi) is 9.19. The van der Waals surface area contributed by atoms with Crippen molar-refractivity contribution in [3.63, 3.8) is 0 Å². The number of benzene rings is 1. The molecule has 0 saturated carbocycles. The number of fused-ring (bicyclic) bond motifs is 1. The minimum atomic E-state index is -0.423. The van der Waals surface area contributed by atoms with Gasteiger partial charge in [-0.1, -0.05) is 42.1 Å². The van der Waals surface area contributed by atoms with E-state index in [1.807, 2.05) is 52.5 Å². The maximum absolute atomic E-state index is 13.3. The molecular formula is C26H34N4O5S. The minimum absolute atomic E-state index is 0.0804. The number of nitrogens with zero attached hydrogens (tertiary/aromatic N) is 4. The molecule has 3 heterocycles. The second kappa shape index (κ2) is 12.5. The maximum Gasteiger partial charge on any atom is 0.338 e. The molecule has 9 nitrogen and oxygen atoms in total. The summed E-state index contributed by atoms with van der Waals surface area (Å²) in [4.78, 5) is 37.5. The van der Waals surface area contributed by atoms with Gasteiger partial charge in [0, 0.05) is 52.6 Å². The van der Waals surface area contributed by atoms with Crippen LogP contribution in [0.1, 0.15) is 24.9 Å². The van der Waals surface area contributed by atoms with E-state index in [4.69, 9.17) is 19.2 Å². The zero-order valence-electron chi connectivity index (χ0n) is 21.1. The van der Waals surface area contributed by atoms with Crippen molar-refractivity contribution >= 4 is 28.8 Å². The van der Waals surface area contributed by atoms with Crippen molar-refractivity contribution in [2.24, 2.45) is 4.99 Å². The Hall–Kier alpha value is -2.66. The van der Waals surface area contributed by atoms with Crippen molar-refractivity contribution < 1.29 is 23.8 Å². The largest absolute Gasteiger partial charge is 0.460 e. The van der Waals surface area contributed by atoms with Gasteiger partial charge in [-0.2, -0.15) is 0 Å². The van der Waals surface area contributed by atoms with E-state index in [9.17, 15) is 9.59 Å². The molecular weight excluding hydrogens is 480 g/mol. The predicted molar refractivity (Wildman–Crippen MR) is 139 cm³/mol. The molecule has 0 radical (unpaired) electrons. The smallest absolute Gasteiger partial charge is 0.338 e. The molecule has 194 valence electrons. The molecule has 1 amide bonds. The standard InChI is InChI=1S/C26H34N4O5S/c1-19-23(25(32)35-16-15-34-3)24(20-7-5-4-6-8-20)30-21(18-36-26(30)27-19)17-22(31)29-11-9-28(10-12-29)13-14-33-2/h4-8,18,24H,9-17H2,1-3H3/t24-/m1/s1. The fourth-order valence-electron chi connectivity index (χ4n) is 4.58. The van der Waals surface area contributed by atoms with Crippen LogP contribution in [0.5, 0.6) is 0 Å². The van der Waals surface area contributed by atoms with Gasteiger partial charge in [0.05, 0.1) is 36.9 Å². The molecule has 1 aromatic carbocycles. The summed E-state index contributed by atoms with van der Waals surface area (Å²) in [7, 11) is 3.27. The van der Waals surface area contributed by atoms with Gasteiger partial charge in [-0.25, -0.2) is 9.79 Å². The Balaban J connectivity index is 1.52. The molecule has 3 aliphatic heterocycles. The van der Waals surface area contributed by atoms with Crippen LogP contribution in [0.25, 0.3) is 0 Å². The number of piperazine rings is 1. The number of ether oxygens (including phenoxy) is 3. The Labute approximate surface area is 216 Å². The first-order chi connectivity index (χ1) is 17.5. The van der Waals surface area contributed by atoms with E-state index in [-0.39, 0.29) is 18.9 Å². The van der Waals surface area contributed by atoms with Crippen LogP contribution >= 0.6 is 11.8 Å². The summed E-state index contributed by atoms with van der Waals surface area (Å²) in [6.07, 6.45) is 0.248. The lowest BCUT2D eigenvalue weighted by molar-refractivity contribution is -0.141. The van der Waals surface area contributed by atoms with Crippen LogP contribution in [0.2, 0.25) is 0 Å². The van der Waals surface area contributed by atoms with Gasteiger partial charge in [-0.3, -0.25) is 9.69 Å². The number of carbonyl (C=O) groups excluding carboxylic acids is 2. The van der Waals surface area contributed by atoms with Crippen LogP contribution in [0.15, 0.2) is 57.7 Å². The number of hydrogen-bond acceptors (Lipinski definition) is 9. The van der Waals surface area contributed by atoms with Crippen LogP contribution in [0.4, 0.5) is 0 Å². The lowest BCUT2D eigenvalue weighted by atomic mass is 9.94. The average molecular weight is 515 g/mol. The molecule has 10 heteroatoms. The molecule has 0 bridgehead atoms. The summed E-state index contributed by atoms with van der Waals surface area (Å²) in [5.74, 6) is -0.340. The van der Waals surface area contributed by atoms with Gasteiger partial charge in [-0.05, 0) is 17.9 Å². The number of amides is 1. The molecule has 1 fully saturated rings. The Morgan fingerprint density at radius 2 is 1.75 bits per heavy atom. The third-order valence-electron chi connectivity index (χ3n) is 6.53. The van der Waals surface area contributed by atoms with Crippen molar-refractivity contribution in [2.45, 2.75) is 19.4 Å². The molecule has 1 saturated heterocycles. The predicted octanol–water partition coefficient (Wildman–Crippen LogP) is 2.63. The molecule has 0 unspecified atom stereocenters. The number of thioether (sulfide) groups is 1. The summed E-state index contributed by atoms with van der Waals surface area (Å²) >= 11 is 1.48. The molecule has 3 aliphatic rings. The number of carbonyl (C=O) groups is 2. The molecule has 0 N–H and O–H groups in total. The molecule has 0 aliphatic carbocycles. The second-order valence-electron chi connectivity index (χ2n) is 8.82. The molecule has 0 spiro atoms. The highest BCUT2D eigenvalue weighted by atomic mass is 32.2. The van der Waals surface area contributed by atoms with Crippen LogP contribution in [-0.2, 0) is 23.8 Å². The van der Waals surface area contributed by atoms with Crippen LogP contribution < -0.4 is 0 Å². The maximum atomic E-state index is 13.3. The Morgan fingerprint density at radius 3 is 2.44 bits per heavy atom. The summed E-state index contributed by atoms with van der Waals surface area (Å²) in [5, 5.41) is 2.75. The molecule has 36 heavy (non-hydrogen) atoms. The SMILES string of the molecule is COCCOC(=O)C1=C(C)N=C2SC=C(CC(=O)N3CCN(CCOC)CC3)N2[C@@H]1c1ccccc1. The third kappa shape index (κ3) is 6.00. The van der Waals surface area contributed by atoms with Crippen molar-refractivity contribution in [2.75, 3.05) is 66.8 Å². The first kappa shape index (κ1) is 26.4. The first-order valence-corrected chi connectivity index (χ1v) is 13.1. The van der Waals surface area contributed by atoms with Crippen LogP contribution in [0.3, 0.4) is 0 Å². The first-order valence-electron chi connectivity index (χ1n) is 12.2. The van der Waals surface area contributed by atoms with Gasteiger partial charge in [-0.15, -0.1) is 0 Å². The number of methoxy groups -OCH3 is 2. The minimum Gasteiger partial charge on any atom is -0.460 e. The number of amidine groups is 1. The van der Waals surface area contributed by atoms with Gasteiger partial charge in [0.2, 0.25) is 5.91 Å². The van der Waals surface area contributed by atoms with Crippen molar-refractivity contribution in [3.05, 3.63) is 58.3 Å². The van der Waals surface area contributed by atoms with E-state index in [2.05, 4.69) is 4.90 Å². The Morgan fingerprint density at radius 1 is 1.03 bits per heavy atom. The third-order valence-corrected chi connectivity index (χ3v) is 7.41. The van der Waals surface area contributed by atoms with Gasteiger partial charge in [0.1, 0.15) is 6.61 Å². The highest BCUT2D eigenvalue weighted by Gasteiger charge is 2.41. The van der Waals surface area contributed by atoms with E-state index >= 15 is 0 Å². The summed E-state index contributed by atoms with van der Waals surface area (Å²) in [6, 6.07) is 9.40. The van der Waals surface area contributed by atoms with E-state index in [1.165, 1.54) is 11.8 Å². The van der Waals surface area contributed by atoms with E-state index in [0.29, 0.717) is 37.6 Å². The Bertz CT molecular complexity index is 1030. The molecule has 1 aromatic rings. The molecule has 1 atom stereocenters. The van der Waals surface area contributed by atoms with Crippen molar-refractivity contribution in [3.8, 4) is 0 Å². The summed E-state index contributed by atoms with van der Waals surface area (Å²) < 4.78 is 15.7. The number of rotatable bonds is 10. The van der Waals surface area contributed by atoms with Gasteiger partial charge < -0.3 is 24.0 Å². The quantitative estimate of drug-likeness (QED) is 0.348. The number of aliphatic imine (C=N–C) groups is 1. The lowest BCUT2D eigenvalue weighted by Gasteiger charge is -2.38. The highest BCUT2D eigenvalue weighted by molar-refractivity contribution is 8.16. The summed E-state index contributed by atoms with van der Waals surface area (Å²) in [5.41, 5.74) is 2.89. The second-order valence-corrected chi connectivity index (χ2v) is 9.66. The van der Waals surface area contributed by atoms with E-state index in [0.717, 1.165) is 36.1 Å². The number of hydrogen-bond donors (Lipinski definition) is 0. The zero-order chi connectivity index (χ0) is 25.5. The molecule has 4 rings (SSSR count). The van der Waals surface area contributed by atoms with Crippen molar-refractivity contribution in [1.82, 2.24) is 14.7 Å². The fourth-order valence-corrected chi connectivity index (χ4v) is 5.55.